The lowest BCUT2D eigenvalue weighted by atomic mass is 9.84. The molecule has 1 heterocycles. The van der Waals surface area contributed by atoms with E-state index in [-0.39, 0.29) is 0 Å². The molecule has 0 saturated heterocycles. The van der Waals surface area contributed by atoms with Gasteiger partial charge in [-0.15, -0.1) is 0 Å². The zero-order valence-electron chi connectivity index (χ0n) is 28.3. The minimum atomic E-state index is 0.605. The van der Waals surface area contributed by atoms with Crippen molar-refractivity contribution >= 4 is 0 Å². The van der Waals surface area contributed by atoms with Crippen LogP contribution in [0.3, 0.4) is 0 Å². The van der Waals surface area contributed by atoms with Crippen molar-refractivity contribution in [2.24, 2.45) is 5.92 Å². The molecule has 0 radical (unpaired) electrons. The Morgan fingerprint density at radius 1 is 0.524 bits per heavy atom. The Hall–Kier alpha value is -1.57. The van der Waals surface area contributed by atoms with Gasteiger partial charge in [0, 0.05) is 5.92 Å². The van der Waals surface area contributed by atoms with Crippen LogP contribution in [-0.2, 0) is 6.42 Å². The van der Waals surface area contributed by atoms with Crippen molar-refractivity contribution in [1.29, 1.82) is 0 Å². The van der Waals surface area contributed by atoms with Gasteiger partial charge in [-0.3, -0.25) is 4.98 Å². The van der Waals surface area contributed by atoms with Crippen LogP contribution in [-0.4, -0.2) is 4.98 Å². The number of unbranched alkanes of at least 4 members (excludes halogenated alkanes) is 22. The van der Waals surface area contributed by atoms with Crippen LogP contribution in [0.2, 0.25) is 0 Å². The van der Waals surface area contributed by atoms with Crippen molar-refractivity contribution in [1.82, 2.24) is 4.98 Å². The van der Waals surface area contributed by atoms with Crippen LogP contribution in [0.1, 0.15) is 192 Å². The minimum absolute atomic E-state index is 0.605. The predicted octanol–water partition coefficient (Wildman–Crippen LogP) is 12.9. The molecule has 2 aromatic rings. The van der Waals surface area contributed by atoms with Crippen molar-refractivity contribution in [2.45, 2.75) is 193 Å². The van der Waals surface area contributed by atoms with Crippen molar-refractivity contribution in [3.63, 3.8) is 0 Å². The smallest absolute Gasteiger partial charge is 0.241 e. The van der Waals surface area contributed by atoms with E-state index in [4.69, 9.17) is 0 Å². The highest BCUT2D eigenvalue weighted by molar-refractivity contribution is 5.15. The van der Waals surface area contributed by atoms with Gasteiger partial charge in [0.25, 0.3) is 0 Å². The highest BCUT2D eigenvalue weighted by Gasteiger charge is 2.26. The van der Waals surface area contributed by atoms with Gasteiger partial charge in [-0.2, -0.15) is 0 Å². The first-order valence-corrected chi connectivity index (χ1v) is 18.9. The standard InChI is InChI=1S/C40H70N2/c1-3-5-7-9-11-13-14-15-16-17-18-19-20-21-23-28-32-39(36-38-30-26-25-27-31-38)40(42-35-34-41-37-42)33-29-24-22-12-10-8-6-4-2/h25-27,30-31,34-35,37,39-40H,3-24,28-29,32-33,36H2,1-2H3/p+1. The summed E-state index contributed by atoms with van der Waals surface area (Å²) in [7, 11) is 0. The van der Waals surface area contributed by atoms with Crippen molar-refractivity contribution in [3.8, 4) is 0 Å². The van der Waals surface area contributed by atoms with E-state index in [1.54, 1.807) is 0 Å². The number of imidazole rings is 1. The highest BCUT2D eigenvalue weighted by atomic mass is 15.1. The van der Waals surface area contributed by atoms with Gasteiger partial charge in [-0.1, -0.05) is 192 Å². The van der Waals surface area contributed by atoms with Crippen LogP contribution >= 0.6 is 0 Å². The molecule has 1 N–H and O–H groups in total. The van der Waals surface area contributed by atoms with E-state index in [1.807, 2.05) is 0 Å². The molecule has 2 heteroatoms. The van der Waals surface area contributed by atoms with Gasteiger partial charge in [0.15, 0.2) is 0 Å². The van der Waals surface area contributed by atoms with E-state index in [1.165, 1.54) is 179 Å². The molecule has 2 rings (SSSR count). The number of H-pyrrole nitrogens is 1. The third kappa shape index (κ3) is 18.9. The number of aromatic amines is 1. The molecule has 0 saturated carbocycles. The summed E-state index contributed by atoms with van der Waals surface area (Å²) in [6, 6.07) is 11.9. The summed E-state index contributed by atoms with van der Waals surface area (Å²) >= 11 is 0. The number of benzene rings is 1. The zero-order valence-corrected chi connectivity index (χ0v) is 28.3. The third-order valence-corrected chi connectivity index (χ3v) is 9.62. The molecule has 0 amide bonds. The Bertz CT molecular complexity index is 783. The van der Waals surface area contributed by atoms with Gasteiger partial charge < -0.3 is 0 Å². The molecule has 2 atom stereocenters. The van der Waals surface area contributed by atoms with Crippen LogP contribution < -0.4 is 4.57 Å². The molecular formula is C40H71N2+. The number of nitrogens with one attached hydrogen (secondary N) is 1. The fourth-order valence-electron chi connectivity index (χ4n) is 6.93. The largest absolute Gasteiger partial charge is 0.250 e. The number of hydrogen-bond acceptors (Lipinski definition) is 0. The Kier molecular flexibility index (Phi) is 23.6. The molecule has 240 valence electrons. The van der Waals surface area contributed by atoms with E-state index >= 15 is 0 Å². The number of hydrogen-bond donors (Lipinski definition) is 1. The molecule has 1 aromatic heterocycles. The van der Waals surface area contributed by atoms with Crippen LogP contribution in [0, 0.1) is 5.92 Å². The topological polar surface area (TPSA) is 19.7 Å². The zero-order chi connectivity index (χ0) is 29.8. The minimum Gasteiger partial charge on any atom is -0.250 e. The monoisotopic (exact) mass is 580 g/mol. The van der Waals surface area contributed by atoms with E-state index in [9.17, 15) is 0 Å². The van der Waals surface area contributed by atoms with E-state index in [0.717, 1.165) is 0 Å². The predicted molar refractivity (Wildman–Crippen MR) is 185 cm³/mol. The molecule has 1 aromatic carbocycles. The lowest BCUT2D eigenvalue weighted by Gasteiger charge is -2.25. The lowest BCUT2D eigenvalue weighted by Crippen LogP contribution is -2.42. The highest BCUT2D eigenvalue weighted by Crippen LogP contribution is 2.29. The molecule has 0 aliphatic rings. The van der Waals surface area contributed by atoms with Crippen LogP contribution in [0.25, 0.3) is 0 Å². The SMILES string of the molecule is CCCCCCCCCCCCCCCCCCC(Cc1ccccc1)C(CCCCCCCCCC)[n+]1cc[nH]c1. The van der Waals surface area contributed by atoms with Crippen molar-refractivity contribution in [3.05, 3.63) is 54.6 Å². The van der Waals surface area contributed by atoms with Gasteiger partial charge in [0.05, 0.1) is 0 Å². The Balaban J connectivity index is 1.66. The van der Waals surface area contributed by atoms with Crippen molar-refractivity contribution < 1.29 is 4.57 Å². The molecule has 0 bridgehead atoms. The average molecular weight is 580 g/mol. The maximum atomic E-state index is 3.35. The van der Waals surface area contributed by atoms with Gasteiger partial charge in [0.2, 0.25) is 6.33 Å². The van der Waals surface area contributed by atoms with E-state index < -0.39 is 0 Å². The van der Waals surface area contributed by atoms with Crippen LogP contribution in [0.5, 0.6) is 0 Å². The first-order valence-electron chi connectivity index (χ1n) is 18.9. The van der Waals surface area contributed by atoms with Gasteiger partial charge in [0.1, 0.15) is 18.4 Å². The second-order valence-electron chi connectivity index (χ2n) is 13.4. The fraction of sp³-hybridized carbons (Fsp3) is 0.775. The van der Waals surface area contributed by atoms with Gasteiger partial charge >= 0.3 is 0 Å². The molecule has 0 fully saturated rings. The summed E-state index contributed by atoms with van der Waals surface area (Å²) in [6.07, 6.45) is 44.8. The second kappa shape index (κ2) is 27.0. The summed E-state index contributed by atoms with van der Waals surface area (Å²) < 4.78 is 2.50. The van der Waals surface area contributed by atoms with Gasteiger partial charge in [-0.05, 0) is 31.2 Å². The lowest BCUT2D eigenvalue weighted by molar-refractivity contribution is -0.730. The Morgan fingerprint density at radius 3 is 1.38 bits per heavy atom. The van der Waals surface area contributed by atoms with Gasteiger partial charge in [-0.25, -0.2) is 4.57 Å². The van der Waals surface area contributed by atoms with Crippen molar-refractivity contribution in [2.75, 3.05) is 0 Å². The Labute approximate surface area is 262 Å². The molecule has 0 spiro atoms. The summed E-state index contributed by atoms with van der Waals surface area (Å²) in [6.45, 7) is 4.62. The summed E-state index contributed by atoms with van der Waals surface area (Å²) in [5.74, 6) is 0.712. The normalized spacial score (nSPS) is 13.0. The molecule has 42 heavy (non-hydrogen) atoms. The average Bonchev–Trinajstić information content (AvgIpc) is 3.55. The number of aromatic nitrogens is 2. The van der Waals surface area contributed by atoms with Crippen LogP contribution in [0.4, 0.5) is 0 Å². The summed E-state index contributed by atoms with van der Waals surface area (Å²) in [5.41, 5.74) is 1.51. The molecule has 2 nitrogen and oxygen atoms in total. The Morgan fingerprint density at radius 2 is 0.952 bits per heavy atom. The molecule has 0 aliphatic carbocycles. The molecular weight excluding hydrogens is 508 g/mol. The maximum absolute atomic E-state index is 3.35. The number of rotatable bonds is 30. The first-order chi connectivity index (χ1) is 20.8. The molecule has 2 unspecified atom stereocenters. The summed E-state index contributed by atoms with van der Waals surface area (Å²) in [4.78, 5) is 3.35. The van der Waals surface area contributed by atoms with Crippen LogP contribution in [0.15, 0.2) is 49.1 Å². The third-order valence-electron chi connectivity index (χ3n) is 9.62. The quantitative estimate of drug-likeness (QED) is 0.0701. The number of nitrogens with zero attached hydrogens (tertiary/aromatic N) is 1. The van der Waals surface area contributed by atoms with E-state index in [2.05, 4.69) is 72.5 Å². The maximum Gasteiger partial charge on any atom is 0.241 e. The second-order valence-corrected chi connectivity index (χ2v) is 13.4. The fourth-order valence-corrected chi connectivity index (χ4v) is 6.93. The van der Waals surface area contributed by atoms with E-state index in [0.29, 0.717) is 12.0 Å². The molecule has 0 aliphatic heterocycles. The summed E-state index contributed by atoms with van der Waals surface area (Å²) in [5, 5.41) is 0. The first kappa shape index (κ1) is 36.6.